The zero-order chi connectivity index (χ0) is 18.1. The second kappa shape index (κ2) is 6.74. The molecule has 3 rings (SSSR count). The molecule has 0 aliphatic carbocycles. The maximum Gasteiger partial charge on any atom is 0.262 e. The number of fused-ring (bicyclic) bond motifs is 1. The summed E-state index contributed by atoms with van der Waals surface area (Å²) in [6.07, 6.45) is 0. The summed E-state index contributed by atoms with van der Waals surface area (Å²) >= 11 is 11.9. The number of nitrogens with one attached hydrogen (secondary N) is 1. The Kier molecular flexibility index (Phi) is 4.65. The third-order valence-electron chi connectivity index (χ3n) is 3.64. The molecule has 0 radical (unpaired) electrons. The highest BCUT2D eigenvalue weighted by Crippen LogP contribution is 2.32. The minimum atomic E-state index is -0.457. The summed E-state index contributed by atoms with van der Waals surface area (Å²) in [5, 5.41) is 3.19. The predicted molar refractivity (Wildman–Crippen MR) is 93.5 cm³/mol. The van der Waals surface area contributed by atoms with Crippen LogP contribution in [0.5, 0.6) is 5.75 Å². The molecule has 1 aliphatic heterocycles. The van der Waals surface area contributed by atoms with Gasteiger partial charge in [0.25, 0.3) is 17.7 Å². The highest BCUT2D eigenvalue weighted by atomic mass is 35.5. The number of hydrogen-bond donors (Lipinski definition) is 1. The average Bonchev–Trinajstić information content (AvgIpc) is 2.79. The van der Waals surface area contributed by atoms with E-state index in [1.165, 1.54) is 19.2 Å². The average molecular weight is 379 g/mol. The molecule has 2 aromatic carbocycles. The largest absolute Gasteiger partial charge is 0.481 e. The highest BCUT2D eigenvalue weighted by Gasteiger charge is 2.32. The van der Waals surface area contributed by atoms with Crippen LogP contribution in [0.4, 0.5) is 5.69 Å². The van der Waals surface area contributed by atoms with Crippen molar-refractivity contribution in [2.45, 2.75) is 0 Å². The number of hydrogen-bond acceptors (Lipinski definition) is 4. The Morgan fingerprint density at radius 1 is 1.08 bits per heavy atom. The molecule has 0 bridgehead atoms. The lowest BCUT2D eigenvalue weighted by molar-refractivity contribution is -0.118. The molecule has 0 aromatic heterocycles. The van der Waals surface area contributed by atoms with Gasteiger partial charge >= 0.3 is 0 Å². The van der Waals surface area contributed by atoms with Gasteiger partial charge in [0.2, 0.25) is 0 Å². The second-order valence-corrected chi connectivity index (χ2v) is 6.13. The zero-order valence-electron chi connectivity index (χ0n) is 13.0. The number of rotatable bonds is 4. The first-order valence-corrected chi connectivity index (χ1v) is 7.97. The Morgan fingerprint density at radius 2 is 1.72 bits per heavy atom. The Morgan fingerprint density at radius 3 is 2.40 bits per heavy atom. The topological polar surface area (TPSA) is 75.7 Å². The van der Waals surface area contributed by atoms with Crippen LogP contribution in [-0.4, -0.2) is 36.3 Å². The minimum absolute atomic E-state index is 0.220. The number of carbonyl (C=O) groups is 3. The van der Waals surface area contributed by atoms with Gasteiger partial charge in [0.1, 0.15) is 0 Å². The third kappa shape index (κ3) is 3.31. The summed E-state index contributed by atoms with van der Waals surface area (Å²) in [6.45, 7) is -0.312. The van der Waals surface area contributed by atoms with Gasteiger partial charge in [-0.15, -0.1) is 0 Å². The van der Waals surface area contributed by atoms with E-state index in [1.807, 2.05) is 0 Å². The number of anilines is 1. The lowest BCUT2D eigenvalue weighted by Gasteiger charge is -2.10. The van der Waals surface area contributed by atoms with Crippen molar-refractivity contribution in [3.63, 3.8) is 0 Å². The summed E-state index contributed by atoms with van der Waals surface area (Å²) in [7, 11) is 1.41. The van der Waals surface area contributed by atoms with Gasteiger partial charge in [0.05, 0.1) is 21.2 Å². The smallest absolute Gasteiger partial charge is 0.262 e. The van der Waals surface area contributed by atoms with Crippen molar-refractivity contribution in [1.29, 1.82) is 0 Å². The molecule has 6 nitrogen and oxygen atoms in total. The van der Waals surface area contributed by atoms with E-state index < -0.39 is 11.8 Å². The van der Waals surface area contributed by atoms with Crippen LogP contribution in [0.1, 0.15) is 20.7 Å². The van der Waals surface area contributed by atoms with Gasteiger partial charge in [-0.05, 0) is 30.3 Å². The van der Waals surface area contributed by atoms with Crippen LogP contribution in [0.25, 0.3) is 0 Å². The fourth-order valence-electron chi connectivity index (χ4n) is 2.39. The molecule has 1 N–H and O–H groups in total. The molecule has 0 spiro atoms. The molecule has 128 valence electrons. The Hall–Kier alpha value is -2.57. The fraction of sp³-hybridized carbons (Fsp3) is 0.118. The SMILES string of the molecule is CN1C(=O)c2ccc(NC(=O)COc3c(Cl)cccc3Cl)cc2C1=O. The minimum Gasteiger partial charge on any atom is -0.481 e. The van der Waals surface area contributed by atoms with Crippen LogP contribution in [0.3, 0.4) is 0 Å². The van der Waals surface area contributed by atoms with Crippen LogP contribution in [0.15, 0.2) is 36.4 Å². The molecule has 1 aliphatic rings. The maximum absolute atomic E-state index is 12.0. The van der Waals surface area contributed by atoms with Crippen LogP contribution in [-0.2, 0) is 4.79 Å². The van der Waals surface area contributed by atoms with Crippen molar-refractivity contribution >= 4 is 46.6 Å². The van der Waals surface area contributed by atoms with Gasteiger partial charge in [-0.3, -0.25) is 19.3 Å². The van der Waals surface area contributed by atoms with E-state index in [4.69, 9.17) is 27.9 Å². The monoisotopic (exact) mass is 378 g/mol. The van der Waals surface area contributed by atoms with Gasteiger partial charge in [0, 0.05) is 12.7 Å². The van der Waals surface area contributed by atoms with E-state index in [0.717, 1.165) is 4.90 Å². The van der Waals surface area contributed by atoms with E-state index in [0.29, 0.717) is 21.3 Å². The number of ether oxygens (including phenoxy) is 1. The van der Waals surface area contributed by atoms with Crippen LogP contribution < -0.4 is 10.1 Å². The molecule has 0 atom stereocenters. The molecule has 2 aromatic rings. The van der Waals surface area contributed by atoms with Crippen molar-refractivity contribution in [2.24, 2.45) is 0 Å². The first-order chi connectivity index (χ1) is 11.9. The Balaban J connectivity index is 1.68. The van der Waals surface area contributed by atoms with E-state index in [2.05, 4.69) is 5.32 Å². The maximum atomic E-state index is 12.0. The van der Waals surface area contributed by atoms with Gasteiger partial charge in [0.15, 0.2) is 12.4 Å². The molecule has 0 saturated carbocycles. The van der Waals surface area contributed by atoms with Crippen LogP contribution in [0, 0.1) is 0 Å². The van der Waals surface area contributed by atoms with E-state index in [9.17, 15) is 14.4 Å². The lowest BCUT2D eigenvalue weighted by atomic mass is 10.1. The van der Waals surface area contributed by atoms with Crippen molar-refractivity contribution in [2.75, 3.05) is 19.0 Å². The number of benzene rings is 2. The van der Waals surface area contributed by atoms with Crippen LogP contribution >= 0.6 is 23.2 Å². The van der Waals surface area contributed by atoms with Crippen molar-refractivity contribution in [3.8, 4) is 5.75 Å². The summed E-state index contributed by atoms with van der Waals surface area (Å²) < 4.78 is 5.34. The van der Waals surface area contributed by atoms with E-state index in [-0.39, 0.29) is 23.8 Å². The van der Waals surface area contributed by atoms with Gasteiger partial charge < -0.3 is 10.1 Å². The molecule has 25 heavy (non-hydrogen) atoms. The summed E-state index contributed by atoms with van der Waals surface area (Å²) in [6, 6.07) is 9.36. The first-order valence-electron chi connectivity index (χ1n) is 7.21. The van der Waals surface area contributed by atoms with E-state index in [1.54, 1.807) is 24.3 Å². The molecular formula is C17H12Cl2N2O4. The quantitative estimate of drug-likeness (QED) is 0.828. The molecule has 1 heterocycles. The van der Waals surface area contributed by atoms with Crippen LogP contribution in [0.2, 0.25) is 10.0 Å². The fourth-order valence-corrected chi connectivity index (χ4v) is 2.90. The van der Waals surface area contributed by atoms with Gasteiger partial charge in [-0.2, -0.15) is 0 Å². The number of para-hydroxylation sites is 1. The first kappa shape index (κ1) is 17.3. The molecule has 3 amide bonds. The number of nitrogens with zero attached hydrogens (tertiary/aromatic N) is 1. The second-order valence-electron chi connectivity index (χ2n) is 5.32. The van der Waals surface area contributed by atoms with Crippen molar-refractivity contribution in [1.82, 2.24) is 4.90 Å². The normalized spacial score (nSPS) is 13.0. The summed E-state index contributed by atoms with van der Waals surface area (Å²) in [5.41, 5.74) is 0.944. The Labute approximate surface area is 153 Å². The third-order valence-corrected chi connectivity index (χ3v) is 4.24. The van der Waals surface area contributed by atoms with Crippen molar-refractivity contribution in [3.05, 3.63) is 57.6 Å². The molecule has 0 saturated heterocycles. The number of halogens is 2. The number of carbonyl (C=O) groups excluding carboxylic acids is 3. The highest BCUT2D eigenvalue weighted by molar-refractivity contribution is 6.37. The lowest BCUT2D eigenvalue weighted by Crippen LogP contribution is -2.24. The number of amides is 3. The van der Waals surface area contributed by atoms with Crippen molar-refractivity contribution < 1.29 is 19.1 Å². The predicted octanol–water partition coefficient (Wildman–Crippen LogP) is 3.24. The van der Waals surface area contributed by atoms with Gasteiger partial charge in [-0.25, -0.2) is 0 Å². The van der Waals surface area contributed by atoms with Gasteiger partial charge in [-0.1, -0.05) is 29.3 Å². The summed E-state index contributed by atoms with van der Waals surface area (Å²) in [4.78, 5) is 36.9. The molecule has 0 fully saturated rings. The Bertz CT molecular complexity index is 878. The zero-order valence-corrected chi connectivity index (χ0v) is 14.5. The molecular weight excluding hydrogens is 367 g/mol. The molecule has 8 heteroatoms. The molecule has 0 unspecified atom stereocenters. The van der Waals surface area contributed by atoms with E-state index >= 15 is 0 Å². The summed E-state index contributed by atoms with van der Waals surface area (Å²) in [5.74, 6) is -1.01. The number of imide groups is 1. The standard InChI is InChI=1S/C17H12Cl2N2O4/c1-21-16(23)10-6-5-9(7-11(10)17(21)24)20-14(22)8-25-15-12(18)3-2-4-13(15)19/h2-7H,8H2,1H3,(H,20,22).